The van der Waals surface area contributed by atoms with Gasteiger partial charge in [-0.1, -0.05) is 6.92 Å². The summed E-state index contributed by atoms with van der Waals surface area (Å²) in [6.45, 7) is 8.38. The first kappa shape index (κ1) is 15.0. The van der Waals surface area contributed by atoms with Gasteiger partial charge in [0.15, 0.2) is 0 Å². The maximum atomic E-state index is 9.29. The minimum absolute atomic E-state index is 0.0360. The third-order valence-electron chi connectivity index (χ3n) is 3.46. The molecule has 0 amide bonds. The fourth-order valence-corrected chi connectivity index (χ4v) is 2.27. The third kappa shape index (κ3) is 3.37. The maximum absolute atomic E-state index is 9.29. The molecule has 112 valence electrons. The lowest BCUT2D eigenvalue weighted by Crippen LogP contribution is -2.50. The van der Waals surface area contributed by atoms with Gasteiger partial charge in [0, 0.05) is 24.8 Å². The molecule has 1 aliphatic rings. The van der Waals surface area contributed by atoms with Crippen LogP contribution in [0.2, 0.25) is 0 Å². The smallest absolute Gasteiger partial charge is 0.224 e. The molecule has 1 aromatic rings. The molecule has 0 bridgehead atoms. The van der Waals surface area contributed by atoms with Crippen molar-refractivity contribution < 1.29 is 9.84 Å². The van der Waals surface area contributed by atoms with E-state index in [0.717, 1.165) is 24.3 Å². The van der Waals surface area contributed by atoms with E-state index in [1.54, 1.807) is 0 Å². The molecular formula is C14H24N4O2. The first-order valence-electron chi connectivity index (χ1n) is 7.22. The number of ether oxygens (including phenoxy) is 1. The Hall–Kier alpha value is -1.40. The molecule has 2 unspecified atom stereocenters. The van der Waals surface area contributed by atoms with Gasteiger partial charge < -0.3 is 20.1 Å². The van der Waals surface area contributed by atoms with Crippen molar-refractivity contribution in [2.45, 2.75) is 39.3 Å². The summed E-state index contributed by atoms with van der Waals surface area (Å²) in [4.78, 5) is 11.1. The molecule has 6 nitrogen and oxygen atoms in total. The van der Waals surface area contributed by atoms with Crippen molar-refractivity contribution in [1.29, 1.82) is 0 Å². The summed E-state index contributed by atoms with van der Waals surface area (Å²) >= 11 is 0. The van der Waals surface area contributed by atoms with Gasteiger partial charge in [-0.3, -0.25) is 0 Å². The Kier molecular flexibility index (Phi) is 5.14. The van der Waals surface area contributed by atoms with Crippen LogP contribution < -0.4 is 10.2 Å². The highest BCUT2D eigenvalue weighted by Crippen LogP contribution is 2.23. The SMILES string of the molecule is CCCNc1ncc(C)c(N2CC(CO)OCC2C)n1. The Bertz CT molecular complexity index is 441. The second kappa shape index (κ2) is 6.85. The molecular weight excluding hydrogens is 256 g/mol. The van der Waals surface area contributed by atoms with E-state index in [1.165, 1.54) is 0 Å². The Balaban J connectivity index is 2.20. The van der Waals surface area contributed by atoms with Crippen LogP contribution in [0, 0.1) is 6.92 Å². The van der Waals surface area contributed by atoms with Gasteiger partial charge >= 0.3 is 0 Å². The highest BCUT2D eigenvalue weighted by molar-refractivity contribution is 5.50. The van der Waals surface area contributed by atoms with Crippen LogP contribution in [0.15, 0.2) is 6.20 Å². The van der Waals surface area contributed by atoms with Gasteiger partial charge in [-0.25, -0.2) is 4.98 Å². The van der Waals surface area contributed by atoms with E-state index in [2.05, 4.69) is 34.0 Å². The number of aryl methyl sites for hydroxylation is 1. The minimum Gasteiger partial charge on any atom is -0.394 e. The van der Waals surface area contributed by atoms with Gasteiger partial charge in [-0.15, -0.1) is 0 Å². The highest BCUT2D eigenvalue weighted by atomic mass is 16.5. The predicted octanol–water partition coefficient (Wildman–Crippen LogP) is 1.19. The molecule has 2 N–H and O–H groups in total. The summed E-state index contributed by atoms with van der Waals surface area (Å²) in [7, 11) is 0. The first-order valence-corrected chi connectivity index (χ1v) is 7.22. The normalized spacial score (nSPS) is 22.9. The second-order valence-corrected chi connectivity index (χ2v) is 5.27. The van der Waals surface area contributed by atoms with Crippen molar-refractivity contribution in [2.24, 2.45) is 0 Å². The van der Waals surface area contributed by atoms with Gasteiger partial charge in [-0.05, 0) is 20.3 Å². The topological polar surface area (TPSA) is 70.5 Å². The lowest BCUT2D eigenvalue weighted by Gasteiger charge is -2.38. The van der Waals surface area contributed by atoms with Crippen molar-refractivity contribution in [3.8, 4) is 0 Å². The summed E-state index contributed by atoms with van der Waals surface area (Å²) in [5.41, 5.74) is 1.04. The zero-order chi connectivity index (χ0) is 14.5. The Labute approximate surface area is 120 Å². The lowest BCUT2D eigenvalue weighted by atomic mass is 10.2. The van der Waals surface area contributed by atoms with Crippen LogP contribution in [0.3, 0.4) is 0 Å². The molecule has 2 atom stereocenters. The number of morpholine rings is 1. The maximum Gasteiger partial charge on any atom is 0.224 e. The van der Waals surface area contributed by atoms with Gasteiger partial charge in [0.2, 0.25) is 5.95 Å². The van der Waals surface area contributed by atoms with Gasteiger partial charge in [0.1, 0.15) is 5.82 Å². The van der Waals surface area contributed by atoms with Crippen LogP contribution in [0.4, 0.5) is 11.8 Å². The largest absolute Gasteiger partial charge is 0.394 e. The van der Waals surface area contributed by atoms with Crippen molar-refractivity contribution in [1.82, 2.24) is 9.97 Å². The van der Waals surface area contributed by atoms with Gasteiger partial charge in [0.05, 0.1) is 25.4 Å². The van der Waals surface area contributed by atoms with Gasteiger partial charge in [0.25, 0.3) is 0 Å². The number of nitrogens with one attached hydrogen (secondary N) is 1. The molecule has 0 aliphatic carbocycles. The molecule has 6 heteroatoms. The monoisotopic (exact) mass is 280 g/mol. The summed E-state index contributed by atoms with van der Waals surface area (Å²) in [5, 5.41) is 12.5. The molecule has 1 aliphatic heterocycles. The summed E-state index contributed by atoms with van der Waals surface area (Å²) in [6, 6.07) is 0.241. The number of aliphatic hydroxyl groups is 1. The molecule has 0 radical (unpaired) electrons. The van der Waals surface area contributed by atoms with E-state index in [1.807, 2.05) is 13.1 Å². The fourth-order valence-electron chi connectivity index (χ4n) is 2.27. The van der Waals surface area contributed by atoms with E-state index >= 15 is 0 Å². The number of hydrogen-bond acceptors (Lipinski definition) is 6. The quantitative estimate of drug-likeness (QED) is 0.844. The van der Waals surface area contributed by atoms with Crippen LogP contribution in [-0.2, 0) is 4.74 Å². The van der Waals surface area contributed by atoms with Crippen molar-refractivity contribution in [3.63, 3.8) is 0 Å². The first-order chi connectivity index (χ1) is 9.65. The Morgan fingerprint density at radius 1 is 1.55 bits per heavy atom. The van der Waals surface area contributed by atoms with Crippen molar-refractivity contribution in [3.05, 3.63) is 11.8 Å². The number of anilines is 2. The average Bonchev–Trinajstić information content (AvgIpc) is 2.47. The molecule has 20 heavy (non-hydrogen) atoms. The van der Waals surface area contributed by atoms with Crippen LogP contribution in [0.5, 0.6) is 0 Å². The van der Waals surface area contributed by atoms with E-state index in [9.17, 15) is 5.11 Å². The van der Waals surface area contributed by atoms with Gasteiger partial charge in [-0.2, -0.15) is 4.98 Å². The number of rotatable bonds is 5. The predicted molar refractivity (Wildman–Crippen MR) is 79.2 cm³/mol. The number of aliphatic hydroxyl groups excluding tert-OH is 1. The number of hydrogen-bond donors (Lipinski definition) is 2. The molecule has 0 aromatic carbocycles. The molecule has 1 fully saturated rings. The van der Waals surface area contributed by atoms with E-state index in [4.69, 9.17) is 4.74 Å². The molecule has 2 rings (SSSR count). The van der Waals surface area contributed by atoms with E-state index in [-0.39, 0.29) is 18.8 Å². The van der Waals surface area contributed by atoms with Crippen LogP contribution in [-0.4, -0.2) is 53.5 Å². The Morgan fingerprint density at radius 3 is 3.05 bits per heavy atom. The number of nitrogens with zero attached hydrogens (tertiary/aromatic N) is 3. The molecule has 1 aromatic heterocycles. The van der Waals surface area contributed by atoms with Crippen LogP contribution in [0.1, 0.15) is 25.8 Å². The molecule has 0 saturated carbocycles. The van der Waals surface area contributed by atoms with E-state index < -0.39 is 0 Å². The zero-order valence-corrected chi connectivity index (χ0v) is 12.5. The zero-order valence-electron chi connectivity index (χ0n) is 12.5. The molecule has 0 spiro atoms. The number of aromatic nitrogens is 2. The lowest BCUT2D eigenvalue weighted by molar-refractivity contribution is -0.0106. The van der Waals surface area contributed by atoms with E-state index in [0.29, 0.717) is 19.1 Å². The minimum atomic E-state index is -0.146. The third-order valence-corrected chi connectivity index (χ3v) is 3.46. The Morgan fingerprint density at radius 2 is 2.35 bits per heavy atom. The standard InChI is InChI=1S/C14H24N4O2/c1-4-5-15-14-16-6-10(2)13(17-14)18-7-12(8-19)20-9-11(18)3/h6,11-12,19H,4-5,7-9H2,1-3H3,(H,15,16,17). The van der Waals surface area contributed by atoms with Crippen molar-refractivity contribution >= 4 is 11.8 Å². The molecule has 2 heterocycles. The fraction of sp³-hybridized carbons (Fsp3) is 0.714. The second-order valence-electron chi connectivity index (χ2n) is 5.27. The summed E-state index contributed by atoms with van der Waals surface area (Å²) in [5.74, 6) is 1.58. The average molecular weight is 280 g/mol. The van der Waals surface area contributed by atoms with Crippen LogP contribution >= 0.6 is 0 Å². The van der Waals surface area contributed by atoms with Crippen LogP contribution in [0.25, 0.3) is 0 Å². The molecule has 1 saturated heterocycles. The van der Waals surface area contributed by atoms with Crippen molar-refractivity contribution in [2.75, 3.05) is 36.5 Å². The summed E-state index contributed by atoms with van der Waals surface area (Å²) in [6.07, 6.45) is 2.73. The summed E-state index contributed by atoms with van der Waals surface area (Å²) < 4.78 is 5.58. The highest BCUT2D eigenvalue weighted by Gasteiger charge is 2.27.